The Hall–Kier alpha value is -4.08. The van der Waals surface area contributed by atoms with Crippen LogP contribution in [0.2, 0.25) is 0 Å². The normalized spacial score (nSPS) is 10.3. The summed E-state index contributed by atoms with van der Waals surface area (Å²) in [4.78, 5) is 11.3. The van der Waals surface area contributed by atoms with Crippen LogP contribution >= 0.6 is 11.9 Å². The lowest BCUT2D eigenvalue weighted by Crippen LogP contribution is -1.96. The minimum Gasteiger partial charge on any atom is -0.324 e. The molecule has 0 saturated heterocycles. The summed E-state index contributed by atoms with van der Waals surface area (Å²) in [7, 11) is 0. The Morgan fingerprint density at radius 1 is 0.806 bits per heavy atom. The Kier molecular flexibility index (Phi) is 5.97. The van der Waals surface area contributed by atoms with E-state index in [1.54, 1.807) is 12.1 Å². The molecular weight excluding hydrogens is 406 g/mol. The van der Waals surface area contributed by atoms with E-state index in [0.717, 1.165) is 27.1 Å². The number of nitrogens with one attached hydrogen (secondary N) is 1. The van der Waals surface area contributed by atoms with Crippen LogP contribution in [0.25, 0.3) is 22.3 Å². The number of hydrogen-bond donors (Lipinski definition) is 1. The molecular formula is C25H17N3O2S. The van der Waals surface area contributed by atoms with Gasteiger partial charge in [-0.1, -0.05) is 60.7 Å². The predicted molar refractivity (Wildman–Crippen MR) is 125 cm³/mol. The van der Waals surface area contributed by atoms with Crippen molar-refractivity contribution >= 4 is 23.3 Å². The molecule has 4 aromatic rings. The maximum absolute atomic E-state index is 10.9. The van der Waals surface area contributed by atoms with Crippen molar-refractivity contribution in [3.63, 3.8) is 0 Å². The van der Waals surface area contributed by atoms with Gasteiger partial charge >= 0.3 is 0 Å². The predicted octanol–water partition coefficient (Wildman–Crippen LogP) is 6.92. The molecule has 4 aromatic carbocycles. The van der Waals surface area contributed by atoms with E-state index in [0.29, 0.717) is 11.3 Å². The number of anilines is 1. The molecule has 0 heterocycles. The first-order valence-electron chi connectivity index (χ1n) is 9.52. The minimum atomic E-state index is -0.425. The van der Waals surface area contributed by atoms with Gasteiger partial charge in [-0.3, -0.25) is 10.1 Å². The SMILES string of the molecule is N#Cc1cc(-c2ccccc2)cc(-c2ccccc2)c1NSc1ccc([N+](=O)[O-])cc1. The van der Waals surface area contributed by atoms with Crippen molar-refractivity contribution in [2.24, 2.45) is 0 Å². The van der Waals surface area contributed by atoms with Crippen LogP contribution in [0.5, 0.6) is 0 Å². The maximum Gasteiger partial charge on any atom is 0.269 e. The highest BCUT2D eigenvalue weighted by Gasteiger charge is 2.14. The van der Waals surface area contributed by atoms with Crippen molar-refractivity contribution in [1.29, 1.82) is 5.26 Å². The highest BCUT2D eigenvalue weighted by Crippen LogP contribution is 2.38. The molecule has 5 nitrogen and oxygen atoms in total. The van der Waals surface area contributed by atoms with Crippen LogP contribution in [-0.4, -0.2) is 4.92 Å². The van der Waals surface area contributed by atoms with E-state index in [-0.39, 0.29) is 5.69 Å². The Labute approximate surface area is 184 Å². The second kappa shape index (κ2) is 9.16. The average Bonchev–Trinajstić information content (AvgIpc) is 2.83. The van der Waals surface area contributed by atoms with E-state index in [4.69, 9.17) is 0 Å². The number of non-ortho nitro benzene ring substituents is 1. The third kappa shape index (κ3) is 4.58. The van der Waals surface area contributed by atoms with E-state index >= 15 is 0 Å². The molecule has 0 unspecified atom stereocenters. The first kappa shape index (κ1) is 20.2. The van der Waals surface area contributed by atoms with Gasteiger partial charge in [-0.2, -0.15) is 5.26 Å². The number of nitro groups is 1. The molecule has 0 aromatic heterocycles. The first-order chi connectivity index (χ1) is 15.2. The van der Waals surface area contributed by atoms with Gasteiger partial charge in [-0.25, -0.2) is 0 Å². The van der Waals surface area contributed by atoms with Crippen LogP contribution in [0.1, 0.15) is 5.56 Å². The molecule has 31 heavy (non-hydrogen) atoms. The van der Waals surface area contributed by atoms with Gasteiger partial charge in [0.15, 0.2) is 0 Å². The fraction of sp³-hybridized carbons (Fsp3) is 0. The first-order valence-corrected chi connectivity index (χ1v) is 10.3. The Bertz CT molecular complexity index is 1250. The number of hydrogen-bond acceptors (Lipinski definition) is 5. The zero-order valence-corrected chi connectivity index (χ0v) is 17.2. The molecule has 0 fully saturated rings. The van der Waals surface area contributed by atoms with E-state index in [1.165, 1.54) is 24.1 Å². The highest BCUT2D eigenvalue weighted by molar-refractivity contribution is 8.00. The molecule has 0 bridgehead atoms. The van der Waals surface area contributed by atoms with Crippen molar-refractivity contribution in [3.8, 4) is 28.3 Å². The fourth-order valence-corrected chi connectivity index (χ4v) is 3.94. The van der Waals surface area contributed by atoms with Crippen LogP contribution in [-0.2, 0) is 0 Å². The zero-order valence-electron chi connectivity index (χ0n) is 16.4. The second-order valence-electron chi connectivity index (χ2n) is 6.75. The van der Waals surface area contributed by atoms with Crippen LogP contribution in [0.15, 0.2) is 102 Å². The van der Waals surface area contributed by atoms with E-state index in [9.17, 15) is 15.4 Å². The van der Waals surface area contributed by atoms with Crippen molar-refractivity contribution in [2.75, 3.05) is 4.72 Å². The maximum atomic E-state index is 10.9. The molecule has 1 N–H and O–H groups in total. The Morgan fingerprint density at radius 2 is 1.42 bits per heavy atom. The van der Waals surface area contributed by atoms with Crippen LogP contribution < -0.4 is 4.72 Å². The summed E-state index contributed by atoms with van der Waals surface area (Å²) in [5.41, 5.74) is 5.16. The summed E-state index contributed by atoms with van der Waals surface area (Å²) in [6, 6.07) is 32.4. The molecule has 150 valence electrons. The van der Waals surface area contributed by atoms with Gasteiger partial charge in [0.25, 0.3) is 5.69 Å². The third-order valence-corrected chi connectivity index (χ3v) is 5.58. The highest BCUT2D eigenvalue weighted by atomic mass is 32.2. The van der Waals surface area contributed by atoms with Crippen LogP contribution in [0, 0.1) is 21.4 Å². The van der Waals surface area contributed by atoms with Gasteiger partial charge < -0.3 is 4.72 Å². The molecule has 0 aliphatic heterocycles. The quantitative estimate of drug-likeness (QED) is 0.207. The lowest BCUT2D eigenvalue weighted by atomic mass is 9.94. The van der Waals surface area contributed by atoms with Gasteiger partial charge in [0.2, 0.25) is 0 Å². The molecule has 0 radical (unpaired) electrons. The van der Waals surface area contributed by atoms with Crippen molar-refractivity contribution in [1.82, 2.24) is 0 Å². The van der Waals surface area contributed by atoms with Crippen LogP contribution in [0.3, 0.4) is 0 Å². The molecule has 0 spiro atoms. The van der Waals surface area contributed by atoms with E-state index in [1.807, 2.05) is 66.7 Å². The monoisotopic (exact) mass is 423 g/mol. The molecule has 0 amide bonds. The van der Waals surface area contributed by atoms with Crippen molar-refractivity contribution in [3.05, 3.63) is 113 Å². The zero-order chi connectivity index (χ0) is 21.6. The Morgan fingerprint density at radius 3 is 2.00 bits per heavy atom. The fourth-order valence-electron chi connectivity index (χ4n) is 3.23. The van der Waals surface area contributed by atoms with E-state index < -0.39 is 4.92 Å². The van der Waals surface area contributed by atoms with Gasteiger partial charge in [-0.05, 0) is 52.9 Å². The smallest absolute Gasteiger partial charge is 0.269 e. The Balaban J connectivity index is 1.75. The molecule has 0 aliphatic rings. The lowest BCUT2D eigenvalue weighted by Gasteiger charge is -2.16. The lowest BCUT2D eigenvalue weighted by molar-refractivity contribution is -0.384. The molecule has 6 heteroatoms. The standard InChI is InChI=1S/C25H17N3O2S/c26-17-21-15-20(18-7-3-1-4-8-18)16-24(19-9-5-2-6-10-19)25(21)27-31-23-13-11-22(12-14-23)28(29)30/h1-16,27H. The van der Waals surface area contributed by atoms with Gasteiger partial charge in [0.05, 0.1) is 16.2 Å². The third-order valence-electron chi connectivity index (χ3n) is 4.77. The molecule has 0 atom stereocenters. The van der Waals surface area contributed by atoms with Crippen LogP contribution in [0.4, 0.5) is 11.4 Å². The number of nitriles is 1. The molecule has 4 rings (SSSR count). The minimum absolute atomic E-state index is 0.0410. The second-order valence-corrected chi connectivity index (χ2v) is 7.63. The van der Waals surface area contributed by atoms with Crippen molar-refractivity contribution in [2.45, 2.75) is 4.90 Å². The molecule has 0 aliphatic carbocycles. The summed E-state index contributed by atoms with van der Waals surface area (Å²) in [5, 5.41) is 20.8. The van der Waals surface area contributed by atoms with Gasteiger partial charge in [0, 0.05) is 22.6 Å². The summed E-state index contributed by atoms with van der Waals surface area (Å²) < 4.78 is 3.30. The largest absolute Gasteiger partial charge is 0.324 e. The number of benzene rings is 4. The average molecular weight is 423 g/mol. The van der Waals surface area contributed by atoms with E-state index in [2.05, 4.69) is 16.9 Å². The molecule has 0 saturated carbocycles. The topological polar surface area (TPSA) is 79.0 Å². The summed E-state index contributed by atoms with van der Waals surface area (Å²) >= 11 is 1.31. The summed E-state index contributed by atoms with van der Waals surface area (Å²) in [6.07, 6.45) is 0. The van der Waals surface area contributed by atoms with Gasteiger partial charge in [-0.15, -0.1) is 0 Å². The number of rotatable bonds is 6. The van der Waals surface area contributed by atoms with Crippen molar-refractivity contribution < 1.29 is 4.92 Å². The number of nitro benzene ring substituents is 1. The summed E-state index contributed by atoms with van der Waals surface area (Å²) in [5.74, 6) is 0. The van der Waals surface area contributed by atoms with Gasteiger partial charge in [0.1, 0.15) is 6.07 Å². The number of nitrogens with zero attached hydrogens (tertiary/aromatic N) is 2. The summed E-state index contributed by atoms with van der Waals surface area (Å²) in [6.45, 7) is 0.